The Bertz CT molecular complexity index is 481. The normalized spacial score (nSPS) is 18.4. The fraction of sp³-hybridized carbons (Fsp3) is 0.455. The molecule has 1 saturated heterocycles. The fourth-order valence-corrected chi connectivity index (χ4v) is 3.00. The summed E-state index contributed by atoms with van der Waals surface area (Å²) in [4.78, 5) is 2.23. The van der Waals surface area contributed by atoms with Gasteiger partial charge in [-0.2, -0.15) is 0 Å². The zero-order chi connectivity index (χ0) is 11.8. The van der Waals surface area contributed by atoms with Crippen molar-refractivity contribution in [1.82, 2.24) is 4.90 Å². The van der Waals surface area contributed by atoms with Gasteiger partial charge in [-0.3, -0.25) is 0 Å². The summed E-state index contributed by atoms with van der Waals surface area (Å²) in [6.07, 6.45) is 0. The van der Waals surface area contributed by atoms with E-state index in [0.29, 0.717) is 5.92 Å². The third-order valence-corrected chi connectivity index (χ3v) is 3.83. The molecule has 1 aliphatic heterocycles. The summed E-state index contributed by atoms with van der Waals surface area (Å²) < 4.78 is 21.9. The van der Waals surface area contributed by atoms with Crippen LogP contribution in [0.1, 0.15) is 17.0 Å². The van der Waals surface area contributed by atoms with Gasteiger partial charge in [-0.15, -0.1) is 0 Å². The molecule has 1 heterocycles. The molecule has 3 nitrogen and oxygen atoms in total. The highest BCUT2D eigenvalue weighted by Crippen LogP contribution is 2.26. The lowest BCUT2D eigenvalue weighted by molar-refractivity contribution is 0.189. The molecule has 5 heteroatoms. The highest BCUT2D eigenvalue weighted by atomic mass is 35.7. The minimum Gasteiger partial charge on any atom is -0.305 e. The molecule has 1 fully saturated rings. The molecule has 0 atom stereocenters. The van der Waals surface area contributed by atoms with Gasteiger partial charge in [0.15, 0.2) is 0 Å². The fourth-order valence-electron chi connectivity index (χ4n) is 2.05. The number of likely N-dealkylation sites (tertiary alicyclic amines) is 1. The first-order valence-corrected chi connectivity index (χ1v) is 7.61. The minimum absolute atomic E-state index is 0.0923. The predicted molar refractivity (Wildman–Crippen MR) is 65.2 cm³/mol. The maximum Gasteiger partial charge on any atom is 0.236 e. The first-order chi connectivity index (χ1) is 7.44. The van der Waals surface area contributed by atoms with Gasteiger partial charge in [-0.1, -0.05) is 24.3 Å². The number of halogens is 1. The first kappa shape index (κ1) is 11.9. The smallest absolute Gasteiger partial charge is 0.236 e. The monoisotopic (exact) mass is 259 g/mol. The number of likely N-dealkylation sites (N-methyl/N-ethyl adjacent to an activating group) is 1. The van der Waals surface area contributed by atoms with Crippen molar-refractivity contribution >= 4 is 19.7 Å². The molecular weight excluding hydrogens is 246 g/mol. The third-order valence-electron chi connectivity index (χ3n) is 2.83. The molecule has 2 rings (SSSR count). The van der Waals surface area contributed by atoms with Crippen LogP contribution in [-0.2, 0) is 14.8 Å². The molecule has 1 aromatic carbocycles. The maximum absolute atomic E-state index is 11.0. The first-order valence-electron chi connectivity index (χ1n) is 5.14. The van der Waals surface area contributed by atoms with Crippen LogP contribution >= 0.6 is 10.7 Å². The summed E-state index contributed by atoms with van der Waals surface area (Å²) in [6, 6.07) is 7.68. The molecule has 16 heavy (non-hydrogen) atoms. The average molecular weight is 260 g/mol. The van der Waals surface area contributed by atoms with Crippen molar-refractivity contribution in [3.63, 3.8) is 0 Å². The van der Waals surface area contributed by atoms with E-state index in [1.165, 1.54) is 5.56 Å². The predicted octanol–water partition coefficient (Wildman–Crippen LogP) is 1.78. The second kappa shape index (κ2) is 4.35. The Morgan fingerprint density at radius 2 is 2.12 bits per heavy atom. The van der Waals surface area contributed by atoms with Gasteiger partial charge in [-0.05, 0) is 18.2 Å². The second-order valence-electron chi connectivity index (χ2n) is 4.35. The van der Waals surface area contributed by atoms with Gasteiger partial charge >= 0.3 is 0 Å². The molecule has 0 bridgehead atoms. The van der Waals surface area contributed by atoms with Crippen LogP contribution in [0.5, 0.6) is 0 Å². The van der Waals surface area contributed by atoms with Crippen molar-refractivity contribution in [3.8, 4) is 0 Å². The van der Waals surface area contributed by atoms with E-state index in [1.807, 2.05) is 18.2 Å². The summed E-state index contributed by atoms with van der Waals surface area (Å²) >= 11 is 0. The highest BCUT2D eigenvalue weighted by molar-refractivity contribution is 8.13. The van der Waals surface area contributed by atoms with Crippen LogP contribution in [0.3, 0.4) is 0 Å². The molecule has 0 amide bonds. The molecule has 1 aliphatic rings. The summed E-state index contributed by atoms with van der Waals surface area (Å²) in [5.74, 6) is 0.438. The number of hydrogen-bond donors (Lipinski definition) is 0. The molecule has 0 aliphatic carbocycles. The van der Waals surface area contributed by atoms with Crippen LogP contribution in [0.25, 0.3) is 0 Å². The number of hydrogen-bond acceptors (Lipinski definition) is 3. The lowest BCUT2D eigenvalue weighted by Gasteiger charge is -2.36. The van der Waals surface area contributed by atoms with Gasteiger partial charge in [0.2, 0.25) is 9.05 Å². The average Bonchev–Trinajstić information content (AvgIpc) is 2.10. The van der Waals surface area contributed by atoms with Crippen LogP contribution in [-0.4, -0.2) is 33.5 Å². The Labute approximate surface area is 100 Å². The molecule has 0 spiro atoms. The van der Waals surface area contributed by atoms with E-state index in [0.717, 1.165) is 18.7 Å². The summed E-state index contributed by atoms with van der Waals surface area (Å²) in [6.45, 7) is 2.08. The molecule has 0 aromatic heterocycles. The Kier molecular flexibility index (Phi) is 3.24. The molecule has 0 N–H and O–H groups in total. The third kappa shape index (κ3) is 2.97. The number of benzene rings is 1. The maximum atomic E-state index is 11.0. The lowest BCUT2D eigenvalue weighted by Crippen LogP contribution is -2.41. The van der Waals surface area contributed by atoms with Crippen molar-refractivity contribution < 1.29 is 8.42 Å². The Balaban J connectivity index is 2.14. The second-order valence-corrected chi connectivity index (χ2v) is 7.12. The van der Waals surface area contributed by atoms with Crippen LogP contribution < -0.4 is 0 Å². The van der Waals surface area contributed by atoms with Crippen LogP contribution in [0.2, 0.25) is 0 Å². The zero-order valence-electron chi connectivity index (χ0n) is 9.06. The summed E-state index contributed by atoms with van der Waals surface area (Å²) in [5.41, 5.74) is 1.97. The van der Waals surface area contributed by atoms with Crippen molar-refractivity contribution in [2.24, 2.45) is 0 Å². The van der Waals surface area contributed by atoms with Gasteiger partial charge in [0.05, 0.1) is 5.75 Å². The van der Waals surface area contributed by atoms with E-state index < -0.39 is 9.05 Å². The minimum atomic E-state index is -3.46. The molecular formula is C11H14ClNO2S. The topological polar surface area (TPSA) is 37.4 Å². The molecule has 0 unspecified atom stereocenters. The van der Waals surface area contributed by atoms with Gasteiger partial charge in [0.1, 0.15) is 0 Å². The Hall–Kier alpha value is -0.580. The molecule has 0 saturated carbocycles. The van der Waals surface area contributed by atoms with Crippen LogP contribution in [0.4, 0.5) is 0 Å². The van der Waals surface area contributed by atoms with Gasteiger partial charge in [-0.25, -0.2) is 8.42 Å². The highest BCUT2D eigenvalue weighted by Gasteiger charge is 2.24. The Morgan fingerprint density at radius 1 is 1.44 bits per heavy atom. The van der Waals surface area contributed by atoms with E-state index in [1.54, 1.807) is 6.07 Å². The molecule has 0 radical (unpaired) electrons. The van der Waals surface area contributed by atoms with Crippen molar-refractivity contribution in [3.05, 3.63) is 35.4 Å². The van der Waals surface area contributed by atoms with E-state index in [4.69, 9.17) is 10.7 Å². The van der Waals surface area contributed by atoms with E-state index >= 15 is 0 Å². The van der Waals surface area contributed by atoms with Crippen LogP contribution in [0.15, 0.2) is 24.3 Å². The van der Waals surface area contributed by atoms with Crippen molar-refractivity contribution in [1.29, 1.82) is 0 Å². The quantitative estimate of drug-likeness (QED) is 0.777. The van der Waals surface area contributed by atoms with E-state index in [-0.39, 0.29) is 5.75 Å². The van der Waals surface area contributed by atoms with Gasteiger partial charge in [0, 0.05) is 29.7 Å². The van der Waals surface area contributed by atoms with Crippen molar-refractivity contribution in [2.75, 3.05) is 20.1 Å². The van der Waals surface area contributed by atoms with E-state index in [9.17, 15) is 8.42 Å². The SMILES string of the molecule is CN1CC(c2cccc(CS(=O)(=O)Cl)c2)C1. The summed E-state index contributed by atoms with van der Waals surface area (Å²) in [7, 11) is 3.85. The summed E-state index contributed by atoms with van der Waals surface area (Å²) in [5, 5.41) is 0. The lowest BCUT2D eigenvalue weighted by atomic mass is 9.91. The number of rotatable bonds is 3. The largest absolute Gasteiger partial charge is 0.305 e. The van der Waals surface area contributed by atoms with Gasteiger partial charge in [0.25, 0.3) is 0 Å². The molecule has 88 valence electrons. The van der Waals surface area contributed by atoms with E-state index in [2.05, 4.69) is 11.9 Å². The number of nitrogens with zero attached hydrogens (tertiary/aromatic N) is 1. The standard InChI is InChI=1S/C11H14ClNO2S/c1-13-6-11(7-13)10-4-2-3-9(5-10)8-16(12,14)15/h2-5,11H,6-8H2,1H3. The van der Waals surface area contributed by atoms with Crippen LogP contribution in [0, 0.1) is 0 Å². The van der Waals surface area contributed by atoms with Crippen molar-refractivity contribution in [2.45, 2.75) is 11.7 Å². The molecule has 1 aromatic rings. The zero-order valence-corrected chi connectivity index (χ0v) is 10.6. The Morgan fingerprint density at radius 3 is 2.69 bits per heavy atom. The van der Waals surface area contributed by atoms with Gasteiger partial charge < -0.3 is 4.90 Å².